The first-order valence-electron chi connectivity index (χ1n) is 10.6. The van der Waals surface area contributed by atoms with Crippen LogP contribution in [0.5, 0.6) is 11.5 Å². The lowest BCUT2D eigenvalue weighted by Gasteiger charge is -2.10. The number of halogens is 1. The van der Waals surface area contributed by atoms with Crippen LogP contribution in [0.25, 0.3) is 17.1 Å². The van der Waals surface area contributed by atoms with E-state index >= 15 is 0 Å². The number of hydrazone groups is 1. The van der Waals surface area contributed by atoms with E-state index in [1.807, 2.05) is 47.9 Å². The molecule has 4 rings (SSSR count). The first kappa shape index (κ1) is 24.4. The van der Waals surface area contributed by atoms with Gasteiger partial charge in [-0.2, -0.15) is 5.10 Å². The predicted octanol–water partition coefficient (Wildman–Crippen LogP) is 4.44. The van der Waals surface area contributed by atoms with Crippen LogP contribution in [-0.4, -0.2) is 49.3 Å². The lowest BCUT2D eigenvalue weighted by molar-refractivity contribution is -0.118. The molecule has 35 heavy (non-hydrogen) atoms. The van der Waals surface area contributed by atoms with E-state index in [0.29, 0.717) is 28.9 Å². The zero-order valence-corrected chi connectivity index (χ0v) is 21.0. The van der Waals surface area contributed by atoms with Gasteiger partial charge in [0.2, 0.25) is 0 Å². The number of pyridine rings is 1. The van der Waals surface area contributed by atoms with E-state index in [1.165, 1.54) is 18.0 Å². The molecule has 4 aromatic rings. The predicted molar refractivity (Wildman–Crippen MR) is 138 cm³/mol. The van der Waals surface area contributed by atoms with Crippen LogP contribution in [0.15, 0.2) is 81.7 Å². The molecule has 9 nitrogen and oxygen atoms in total. The Morgan fingerprint density at radius 1 is 1.20 bits per heavy atom. The summed E-state index contributed by atoms with van der Waals surface area (Å²) in [6, 6.07) is 16.5. The highest BCUT2D eigenvalue weighted by Gasteiger charge is 2.17. The molecule has 1 amide bonds. The number of carbonyl (C=O) groups is 1. The van der Waals surface area contributed by atoms with Crippen molar-refractivity contribution in [3.63, 3.8) is 0 Å². The van der Waals surface area contributed by atoms with Crippen LogP contribution in [0.4, 0.5) is 0 Å². The molecule has 0 unspecified atom stereocenters. The van der Waals surface area contributed by atoms with E-state index in [0.717, 1.165) is 15.7 Å². The molecule has 0 radical (unpaired) electrons. The first-order chi connectivity index (χ1) is 17.1. The molecule has 0 bridgehead atoms. The van der Waals surface area contributed by atoms with E-state index in [1.54, 1.807) is 30.6 Å². The first-order valence-corrected chi connectivity index (χ1v) is 12.4. The van der Waals surface area contributed by atoms with Gasteiger partial charge in [0.15, 0.2) is 22.5 Å². The van der Waals surface area contributed by atoms with E-state index < -0.39 is 0 Å². The number of ether oxygens (including phenoxy) is 1. The number of thioether (sulfide) groups is 1. The summed E-state index contributed by atoms with van der Waals surface area (Å²) in [6.45, 7) is 2.25. The fourth-order valence-electron chi connectivity index (χ4n) is 3.12. The standard InChI is InChI=1S/C24H21BrN6O3S/c1-2-34-20-7-3-5-16(22(20)33)14-27-28-21(32)15-35-24-30-29-23(17-6-4-12-26-13-17)31(24)19-10-8-18(25)9-11-19/h3-14,33H,2,15H2,1H3,(H,28,32). The average molecular weight is 553 g/mol. The number of benzene rings is 2. The van der Waals surface area contributed by atoms with E-state index in [9.17, 15) is 9.90 Å². The molecule has 0 spiro atoms. The van der Waals surface area contributed by atoms with Gasteiger partial charge in [-0.1, -0.05) is 33.8 Å². The van der Waals surface area contributed by atoms with Crippen molar-refractivity contribution in [1.29, 1.82) is 0 Å². The maximum absolute atomic E-state index is 12.4. The van der Waals surface area contributed by atoms with Crippen LogP contribution in [-0.2, 0) is 4.79 Å². The number of phenolic OH excluding ortho intramolecular Hbond substituents is 1. The van der Waals surface area contributed by atoms with Crippen molar-refractivity contribution in [2.75, 3.05) is 12.4 Å². The van der Waals surface area contributed by atoms with Crippen molar-refractivity contribution < 1.29 is 14.6 Å². The molecular formula is C24H21BrN6O3S. The largest absolute Gasteiger partial charge is 0.504 e. The van der Waals surface area contributed by atoms with E-state index in [2.05, 4.69) is 41.6 Å². The third-order valence-electron chi connectivity index (χ3n) is 4.69. The Morgan fingerprint density at radius 3 is 2.77 bits per heavy atom. The van der Waals surface area contributed by atoms with Crippen LogP contribution in [0.3, 0.4) is 0 Å². The second kappa shape index (κ2) is 11.6. The smallest absolute Gasteiger partial charge is 0.250 e. The normalized spacial score (nSPS) is 11.0. The van der Waals surface area contributed by atoms with E-state index in [4.69, 9.17) is 4.74 Å². The van der Waals surface area contributed by atoms with E-state index in [-0.39, 0.29) is 17.4 Å². The van der Waals surface area contributed by atoms with Crippen molar-refractivity contribution in [3.05, 3.63) is 77.0 Å². The molecule has 178 valence electrons. The van der Waals surface area contributed by atoms with Gasteiger partial charge >= 0.3 is 0 Å². The summed E-state index contributed by atoms with van der Waals surface area (Å²) in [4.78, 5) is 16.6. The maximum Gasteiger partial charge on any atom is 0.250 e. The zero-order valence-electron chi connectivity index (χ0n) is 18.6. The summed E-state index contributed by atoms with van der Waals surface area (Å²) < 4.78 is 8.18. The van der Waals surface area contributed by atoms with Crippen molar-refractivity contribution >= 4 is 39.8 Å². The van der Waals surface area contributed by atoms with Crippen molar-refractivity contribution in [1.82, 2.24) is 25.2 Å². The molecule has 11 heteroatoms. The molecule has 2 aromatic carbocycles. The molecule has 0 aliphatic heterocycles. The summed E-state index contributed by atoms with van der Waals surface area (Å²) in [5.41, 5.74) is 4.55. The topological polar surface area (TPSA) is 115 Å². The molecule has 0 atom stereocenters. The van der Waals surface area contributed by atoms with Crippen molar-refractivity contribution in [3.8, 4) is 28.6 Å². The number of aromatic hydroxyl groups is 1. The third kappa shape index (κ3) is 6.06. The summed E-state index contributed by atoms with van der Waals surface area (Å²) in [5.74, 6) is 0.664. The highest BCUT2D eigenvalue weighted by molar-refractivity contribution is 9.10. The quantitative estimate of drug-likeness (QED) is 0.179. The number of hydrogen-bond acceptors (Lipinski definition) is 8. The Labute approximate surface area is 214 Å². The van der Waals surface area contributed by atoms with Gasteiger partial charge in [-0.3, -0.25) is 14.3 Å². The van der Waals surface area contributed by atoms with Crippen LogP contribution >= 0.6 is 27.7 Å². The Morgan fingerprint density at radius 2 is 2.03 bits per heavy atom. The number of rotatable bonds is 9. The maximum atomic E-state index is 12.4. The second-order valence-corrected chi connectivity index (χ2v) is 8.93. The van der Waals surface area contributed by atoms with Crippen LogP contribution in [0.2, 0.25) is 0 Å². The Balaban J connectivity index is 1.47. The number of phenols is 1. The molecule has 0 saturated carbocycles. The fraction of sp³-hybridized carbons (Fsp3) is 0.125. The van der Waals surface area contributed by atoms with Gasteiger partial charge < -0.3 is 9.84 Å². The molecule has 2 aromatic heterocycles. The monoisotopic (exact) mass is 552 g/mol. The second-order valence-electron chi connectivity index (χ2n) is 7.07. The summed E-state index contributed by atoms with van der Waals surface area (Å²) in [6.07, 6.45) is 4.77. The van der Waals surface area contributed by atoms with Gasteiger partial charge in [-0.05, 0) is 55.5 Å². The number of hydrogen-bond donors (Lipinski definition) is 2. The molecule has 2 heterocycles. The fourth-order valence-corrected chi connectivity index (χ4v) is 4.13. The minimum Gasteiger partial charge on any atom is -0.504 e. The minimum absolute atomic E-state index is 0.0349. The Bertz CT molecular complexity index is 1330. The number of para-hydroxylation sites is 1. The van der Waals surface area contributed by atoms with Gasteiger partial charge in [0.25, 0.3) is 5.91 Å². The SMILES string of the molecule is CCOc1cccc(C=NNC(=O)CSc2nnc(-c3cccnc3)n2-c2ccc(Br)cc2)c1O. The summed E-state index contributed by atoms with van der Waals surface area (Å²) >= 11 is 4.68. The molecule has 0 aliphatic carbocycles. The summed E-state index contributed by atoms with van der Waals surface area (Å²) in [5, 5.41) is 23.4. The minimum atomic E-state index is -0.333. The Kier molecular flexibility index (Phi) is 8.11. The van der Waals surface area contributed by atoms with Gasteiger partial charge in [-0.15, -0.1) is 10.2 Å². The summed E-state index contributed by atoms with van der Waals surface area (Å²) in [7, 11) is 0. The Hall–Kier alpha value is -3.70. The molecule has 0 fully saturated rings. The average Bonchev–Trinajstić information content (AvgIpc) is 3.30. The van der Waals surface area contributed by atoms with Gasteiger partial charge in [0.05, 0.1) is 18.6 Å². The van der Waals surface area contributed by atoms with Crippen LogP contribution in [0.1, 0.15) is 12.5 Å². The molecular weight excluding hydrogens is 532 g/mol. The number of aromatic nitrogens is 4. The number of nitrogens with one attached hydrogen (secondary N) is 1. The number of amides is 1. The van der Waals surface area contributed by atoms with Gasteiger partial charge in [-0.25, -0.2) is 5.43 Å². The number of carbonyl (C=O) groups excluding carboxylic acids is 1. The highest BCUT2D eigenvalue weighted by Crippen LogP contribution is 2.29. The molecule has 0 aliphatic rings. The van der Waals surface area contributed by atoms with Crippen LogP contribution in [0, 0.1) is 0 Å². The highest BCUT2D eigenvalue weighted by atomic mass is 79.9. The lowest BCUT2D eigenvalue weighted by atomic mass is 10.2. The van der Waals surface area contributed by atoms with Crippen molar-refractivity contribution in [2.24, 2.45) is 5.10 Å². The number of nitrogens with zero attached hydrogens (tertiary/aromatic N) is 5. The van der Waals surface area contributed by atoms with Crippen molar-refractivity contribution in [2.45, 2.75) is 12.1 Å². The molecule has 2 N–H and O–H groups in total. The van der Waals surface area contributed by atoms with Crippen LogP contribution < -0.4 is 10.2 Å². The lowest BCUT2D eigenvalue weighted by Crippen LogP contribution is -2.20. The van der Waals surface area contributed by atoms with Gasteiger partial charge in [0.1, 0.15) is 0 Å². The third-order valence-corrected chi connectivity index (χ3v) is 6.15. The van der Waals surface area contributed by atoms with Gasteiger partial charge in [0, 0.05) is 33.7 Å². The molecule has 0 saturated heterocycles. The zero-order chi connectivity index (χ0) is 24.6.